The first-order chi connectivity index (χ1) is 7.34. The maximum atomic E-state index is 11.4. The predicted molar refractivity (Wildman–Crippen MR) is 54.5 cm³/mol. The van der Waals surface area contributed by atoms with Crippen molar-refractivity contribution in [3.8, 4) is 0 Å². The lowest BCUT2D eigenvalue weighted by molar-refractivity contribution is -0.146. The van der Waals surface area contributed by atoms with Gasteiger partial charge in [-0.3, -0.25) is 4.79 Å². The molecule has 2 rings (SSSR count). The van der Waals surface area contributed by atoms with E-state index in [9.17, 15) is 4.79 Å². The lowest BCUT2D eigenvalue weighted by Gasteiger charge is -2.07. The molecule has 78 valence electrons. The Balaban J connectivity index is 1.84. The van der Waals surface area contributed by atoms with Crippen LogP contribution < -0.4 is 0 Å². The van der Waals surface area contributed by atoms with E-state index in [2.05, 4.69) is 5.16 Å². The van der Waals surface area contributed by atoms with Crippen molar-refractivity contribution in [1.29, 1.82) is 0 Å². The van der Waals surface area contributed by atoms with E-state index in [0.717, 1.165) is 5.56 Å². The van der Waals surface area contributed by atoms with Crippen LogP contribution in [0.3, 0.4) is 0 Å². The van der Waals surface area contributed by atoms with Gasteiger partial charge in [0.15, 0.2) is 12.7 Å². The molecule has 0 N–H and O–H groups in total. The van der Waals surface area contributed by atoms with Crippen LogP contribution in [0.15, 0.2) is 35.5 Å². The van der Waals surface area contributed by atoms with Crippen LogP contribution in [0.2, 0.25) is 0 Å². The van der Waals surface area contributed by atoms with Gasteiger partial charge in [-0.1, -0.05) is 35.5 Å². The summed E-state index contributed by atoms with van der Waals surface area (Å²) in [7, 11) is 0. The second kappa shape index (κ2) is 4.59. The fraction of sp³-hybridized carbons (Fsp3) is 0.273. The van der Waals surface area contributed by atoms with Crippen molar-refractivity contribution in [2.45, 2.75) is 12.5 Å². The summed E-state index contributed by atoms with van der Waals surface area (Å²) in [6.45, 7) is 0.320. The molecule has 1 atom stereocenters. The number of ether oxygens (including phenoxy) is 1. The summed E-state index contributed by atoms with van der Waals surface area (Å²) in [6.07, 6.45) is 1.44. The Morgan fingerprint density at radius 2 is 2.27 bits per heavy atom. The van der Waals surface area contributed by atoms with Gasteiger partial charge < -0.3 is 9.57 Å². The summed E-state index contributed by atoms with van der Waals surface area (Å²) >= 11 is 0. The number of hydrogen-bond acceptors (Lipinski definition) is 4. The highest BCUT2D eigenvalue weighted by molar-refractivity contribution is 5.76. The molecule has 1 unspecified atom stereocenters. The van der Waals surface area contributed by atoms with Crippen molar-refractivity contribution >= 4 is 12.2 Å². The molecule has 1 aliphatic heterocycles. The normalized spacial score (nSPS) is 18.5. The number of benzene rings is 1. The van der Waals surface area contributed by atoms with Gasteiger partial charge in [0.1, 0.15) is 0 Å². The molecule has 1 aromatic carbocycles. The van der Waals surface area contributed by atoms with E-state index in [-0.39, 0.29) is 18.5 Å². The van der Waals surface area contributed by atoms with E-state index in [1.54, 1.807) is 0 Å². The Labute approximate surface area is 87.5 Å². The van der Waals surface area contributed by atoms with Crippen molar-refractivity contribution in [1.82, 2.24) is 0 Å². The molecule has 15 heavy (non-hydrogen) atoms. The third-order valence-corrected chi connectivity index (χ3v) is 2.01. The Kier molecular flexibility index (Phi) is 2.97. The van der Waals surface area contributed by atoms with E-state index < -0.39 is 0 Å². The molecule has 0 bridgehead atoms. The maximum Gasteiger partial charge on any atom is 0.311 e. The van der Waals surface area contributed by atoms with Gasteiger partial charge in [-0.15, -0.1) is 0 Å². The second-order valence-electron chi connectivity index (χ2n) is 3.24. The molecule has 4 nitrogen and oxygen atoms in total. The number of carbonyl (C=O) groups excluding carboxylic acids is 1. The zero-order valence-electron chi connectivity index (χ0n) is 8.13. The third-order valence-electron chi connectivity index (χ3n) is 2.01. The molecule has 1 aromatic rings. The number of nitrogens with zero attached hydrogens (tertiary/aromatic N) is 1. The van der Waals surface area contributed by atoms with E-state index in [1.165, 1.54) is 6.21 Å². The smallest absolute Gasteiger partial charge is 0.311 e. The van der Waals surface area contributed by atoms with E-state index >= 15 is 0 Å². The highest BCUT2D eigenvalue weighted by atomic mass is 16.7. The monoisotopic (exact) mass is 205 g/mol. The van der Waals surface area contributed by atoms with Crippen LogP contribution in [0.4, 0.5) is 0 Å². The van der Waals surface area contributed by atoms with Gasteiger partial charge in [0.25, 0.3) is 0 Å². The lowest BCUT2D eigenvalue weighted by Crippen LogP contribution is -2.21. The van der Waals surface area contributed by atoms with Gasteiger partial charge in [-0.05, 0) is 5.56 Å². The first kappa shape index (κ1) is 9.71. The molecule has 0 radical (unpaired) electrons. The van der Waals surface area contributed by atoms with E-state index in [0.29, 0.717) is 6.61 Å². The summed E-state index contributed by atoms with van der Waals surface area (Å²) < 4.78 is 5.10. The number of esters is 1. The minimum absolute atomic E-state index is 0.261. The molecule has 1 aliphatic rings. The fourth-order valence-electron chi connectivity index (χ4n) is 1.31. The van der Waals surface area contributed by atoms with Gasteiger partial charge in [-0.25, -0.2) is 0 Å². The Hall–Kier alpha value is -1.84. The fourth-order valence-corrected chi connectivity index (χ4v) is 1.31. The first-order valence-corrected chi connectivity index (χ1v) is 4.73. The molecule has 0 spiro atoms. The highest BCUT2D eigenvalue weighted by Gasteiger charge is 2.17. The topological polar surface area (TPSA) is 47.9 Å². The van der Waals surface area contributed by atoms with Crippen LogP contribution in [0.25, 0.3) is 0 Å². The van der Waals surface area contributed by atoms with Gasteiger partial charge in [-0.2, -0.15) is 0 Å². The minimum Gasteiger partial charge on any atom is -0.452 e. The van der Waals surface area contributed by atoms with E-state index in [4.69, 9.17) is 9.57 Å². The van der Waals surface area contributed by atoms with Crippen molar-refractivity contribution < 1.29 is 14.4 Å². The Morgan fingerprint density at radius 1 is 1.47 bits per heavy atom. The van der Waals surface area contributed by atoms with Crippen LogP contribution in [0.5, 0.6) is 0 Å². The van der Waals surface area contributed by atoms with Crippen LogP contribution >= 0.6 is 0 Å². The molecule has 4 heteroatoms. The average Bonchev–Trinajstić information content (AvgIpc) is 2.71. The average molecular weight is 205 g/mol. The van der Waals surface area contributed by atoms with E-state index in [1.807, 2.05) is 30.3 Å². The number of hydrogen-bond donors (Lipinski definition) is 0. The largest absolute Gasteiger partial charge is 0.452 e. The van der Waals surface area contributed by atoms with Crippen LogP contribution in [-0.4, -0.2) is 24.9 Å². The summed E-state index contributed by atoms with van der Waals surface area (Å²) in [5.74, 6) is -0.261. The van der Waals surface area contributed by atoms with Gasteiger partial charge >= 0.3 is 5.97 Å². The standard InChI is InChI=1S/C11H11NO3/c13-11(15-10-7-12-14-8-10)6-9-4-2-1-3-5-9/h1-5,7,10H,6,8H2. The molecular formula is C11H11NO3. The predicted octanol–water partition coefficient (Wildman–Crippen LogP) is 1.16. The van der Waals surface area contributed by atoms with Gasteiger partial charge in [0.05, 0.1) is 12.6 Å². The van der Waals surface area contributed by atoms with Crippen molar-refractivity contribution in [2.75, 3.05) is 6.61 Å². The molecule has 0 saturated heterocycles. The van der Waals surface area contributed by atoms with Gasteiger partial charge in [0, 0.05) is 0 Å². The lowest BCUT2D eigenvalue weighted by atomic mass is 10.1. The maximum absolute atomic E-state index is 11.4. The van der Waals surface area contributed by atoms with Crippen LogP contribution in [0.1, 0.15) is 5.56 Å². The molecule has 1 heterocycles. The van der Waals surface area contributed by atoms with Crippen molar-refractivity contribution in [3.63, 3.8) is 0 Å². The van der Waals surface area contributed by atoms with Crippen molar-refractivity contribution in [3.05, 3.63) is 35.9 Å². The summed E-state index contributed by atoms with van der Waals surface area (Å²) in [4.78, 5) is 16.1. The van der Waals surface area contributed by atoms with Crippen LogP contribution in [0, 0.1) is 0 Å². The number of rotatable bonds is 3. The summed E-state index contributed by atoms with van der Waals surface area (Å²) in [5, 5.41) is 3.52. The molecular weight excluding hydrogens is 194 g/mol. The molecule has 0 aromatic heterocycles. The molecule has 0 saturated carbocycles. The summed E-state index contributed by atoms with van der Waals surface area (Å²) in [6, 6.07) is 9.47. The second-order valence-corrected chi connectivity index (χ2v) is 3.24. The Morgan fingerprint density at radius 3 is 2.93 bits per heavy atom. The number of oxime groups is 1. The molecule has 0 amide bonds. The highest BCUT2D eigenvalue weighted by Crippen LogP contribution is 2.04. The minimum atomic E-state index is -0.332. The number of carbonyl (C=O) groups is 1. The Bertz CT molecular complexity index is 361. The quantitative estimate of drug-likeness (QED) is 0.695. The zero-order valence-corrected chi connectivity index (χ0v) is 8.13. The third kappa shape index (κ3) is 2.80. The summed E-state index contributed by atoms with van der Waals surface area (Å²) in [5.41, 5.74) is 0.943. The van der Waals surface area contributed by atoms with Crippen molar-refractivity contribution in [2.24, 2.45) is 5.16 Å². The SMILES string of the molecule is O=C(Cc1ccccc1)OC1C=NOC1. The van der Waals surface area contributed by atoms with Gasteiger partial charge in [0.2, 0.25) is 0 Å². The van der Waals surface area contributed by atoms with Crippen LogP contribution in [-0.2, 0) is 20.8 Å². The molecule has 0 aliphatic carbocycles. The zero-order chi connectivity index (χ0) is 10.5. The molecule has 0 fully saturated rings. The first-order valence-electron chi connectivity index (χ1n) is 4.73.